The molecule has 0 aliphatic heterocycles. The van der Waals surface area contributed by atoms with E-state index in [1.54, 1.807) is 13.2 Å². The van der Waals surface area contributed by atoms with Crippen molar-refractivity contribution in [2.75, 3.05) is 17.7 Å². The van der Waals surface area contributed by atoms with Gasteiger partial charge in [-0.05, 0) is 31.9 Å². The van der Waals surface area contributed by atoms with Gasteiger partial charge < -0.3 is 10.1 Å². The first-order chi connectivity index (χ1) is 11.2. The number of aromatic nitrogens is 2. The molecule has 1 heterocycles. The molecule has 1 aromatic carbocycles. The largest absolute Gasteiger partial charge is 0.497 e. The minimum Gasteiger partial charge on any atom is -0.497 e. The van der Waals surface area contributed by atoms with Crippen LogP contribution < -0.4 is 15.4 Å². The first-order valence-electron chi connectivity index (χ1n) is 7.94. The van der Waals surface area contributed by atoms with Crippen LogP contribution in [0.4, 0.5) is 16.3 Å². The van der Waals surface area contributed by atoms with Gasteiger partial charge in [-0.3, -0.25) is 5.32 Å². The van der Waals surface area contributed by atoms with Crippen LogP contribution in [-0.2, 0) is 0 Å². The molecule has 6 heteroatoms. The smallest absolute Gasteiger partial charge is 0.324 e. The van der Waals surface area contributed by atoms with Crippen LogP contribution in [0.3, 0.4) is 0 Å². The van der Waals surface area contributed by atoms with Crippen LogP contribution in [0.2, 0.25) is 0 Å². The molecule has 1 fully saturated rings. The van der Waals surface area contributed by atoms with E-state index in [2.05, 4.69) is 15.7 Å². The number of methoxy groups -OCH3 is 1. The van der Waals surface area contributed by atoms with Crippen LogP contribution in [0.1, 0.15) is 37.4 Å². The molecule has 0 unspecified atom stereocenters. The zero-order valence-corrected chi connectivity index (χ0v) is 13.5. The molecule has 23 heavy (non-hydrogen) atoms. The minimum absolute atomic E-state index is 0.280. The summed E-state index contributed by atoms with van der Waals surface area (Å²) in [6.07, 6.45) is 4.68. The number of carbonyl (C=O) groups is 1. The number of benzene rings is 1. The number of hydrogen-bond acceptors (Lipinski definition) is 3. The molecule has 122 valence electrons. The number of anilines is 2. The van der Waals surface area contributed by atoms with Crippen LogP contribution in [0.15, 0.2) is 30.3 Å². The molecule has 0 bridgehead atoms. The molecule has 1 aliphatic carbocycles. The number of nitrogens with one attached hydrogen (secondary N) is 2. The molecule has 2 aromatic rings. The molecule has 2 amide bonds. The van der Waals surface area contributed by atoms with E-state index in [1.807, 2.05) is 35.9 Å². The summed E-state index contributed by atoms with van der Waals surface area (Å²) < 4.78 is 7.11. The zero-order valence-electron chi connectivity index (χ0n) is 13.5. The summed E-state index contributed by atoms with van der Waals surface area (Å²) in [5.41, 5.74) is 1.60. The standard InChI is InChI=1S/C17H22N4O2/c1-12-10-16(21(20-12)14-7-3-4-8-14)19-17(22)18-13-6-5-9-15(11-13)23-2/h5-6,9-11,14H,3-4,7-8H2,1-2H3,(H2,18,19,22). The Balaban J connectivity index is 1.70. The predicted molar refractivity (Wildman–Crippen MR) is 90.1 cm³/mol. The van der Waals surface area contributed by atoms with Crippen LogP contribution in [0.5, 0.6) is 5.75 Å². The van der Waals surface area contributed by atoms with Crippen molar-refractivity contribution in [3.63, 3.8) is 0 Å². The third kappa shape index (κ3) is 3.64. The second-order valence-corrected chi connectivity index (χ2v) is 5.86. The van der Waals surface area contributed by atoms with Crippen molar-refractivity contribution in [3.05, 3.63) is 36.0 Å². The second-order valence-electron chi connectivity index (χ2n) is 5.86. The van der Waals surface area contributed by atoms with Gasteiger partial charge in [0.15, 0.2) is 0 Å². The molecule has 1 aliphatic rings. The highest BCUT2D eigenvalue weighted by Gasteiger charge is 2.21. The maximum atomic E-state index is 12.3. The van der Waals surface area contributed by atoms with Gasteiger partial charge >= 0.3 is 6.03 Å². The van der Waals surface area contributed by atoms with Crippen molar-refractivity contribution in [1.82, 2.24) is 9.78 Å². The van der Waals surface area contributed by atoms with Crippen molar-refractivity contribution >= 4 is 17.5 Å². The van der Waals surface area contributed by atoms with Crippen LogP contribution >= 0.6 is 0 Å². The summed E-state index contributed by atoms with van der Waals surface area (Å²) >= 11 is 0. The lowest BCUT2D eigenvalue weighted by molar-refractivity contribution is 0.262. The minimum atomic E-state index is -0.280. The number of ether oxygens (including phenoxy) is 1. The lowest BCUT2D eigenvalue weighted by Crippen LogP contribution is -2.22. The lowest BCUT2D eigenvalue weighted by Gasteiger charge is -2.15. The molecule has 0 spiro atoms. The van der Waals surface area contributed by atoms with Gasteiger partial charge in [0.05, 0.1) is 18.8 Å². The quantitative estimate of drug-likeness (QED) is 0.897. The fourth-order valence-electron chi connectivity index (χ4n) is 3.02. The number of amides is 2. The summed E-state index contributed by atoms with van der Waals surface area (Å²) in [6.45, 7) is 1.94. The topological polar surface area (TPSA) is 68.2 Å². The normalized spacial score (nSPS) is 14.7. The number of rotatable bonds is 4. The Bertz CT molecular complexity index is 690. The van der Waals surface area contributed by atoms with Crippen molar-refractivity contribution in [3.8, 4) is 5.75 Å². The van der Waals surface area contributed by atoms with E-state index in [0.717, 1.165) is 24.4 Å². The summed E-state index contributed by atoms with van der Waals surface area (Å²) in [7, 11) is 1.60. The predicted octanol–water partition coefficient (Wildman–Crippen LogP) is 3.96. The first-order valence-corrected chi connectivity index (χ1v) is 7.94. The first kappa shape index (κ1) is 15.4. The molecule has 0 saturated heterocycles. The van der Waals surface area contributed by atoms with E-state index >= 15 is 0 Å². The SMILES string of the molecule is COc1cccc(NC(=O)Nc2cc(C)nn2C2CCCC2)c1. The summed E-state index contributed by atoms with van der Waals surface area (Å²) in [5, 5.41) is 10.3. The van der Waals surface area contributed by atoms with E-state index in [9.17, 15) is 4.79 Å². The van der Waals surface area contributed by atoms with Gasteiger partial charge in [0.2, 0.25) is 0 Å². The zero-order chi connectivity index (χ0) is 16.2. The molecule has 2 N–H and O–H groups in total. The fourth-order valence-corrected chi connectivity index (χ4v) is 3.02. The van der Waals surface area contributed by atoms with E-state index in [-0.39, 0.29) is 6.03 Å². The van der Waals surface area contributed by atoms with Gasteiger partial charge in [0.1, 0.15) is 11.6 Å². The monoisotopic (exact) mass is 314 g/mol. The van der Waals surface area contributed by atoms with Crippen molar-refractivity contribution in [1.29, 1.82) is 0 Å². The average molecular weight is 314 g/mol. The molecular formula is C17H22N4O2. The Morgan fingerprint density at radius 1 is 1.26 bits per heavy atom. The van der Waals surface area contributed by atoms with E-state index in [4.69, 9.17) is 4.74 Å². The van der Waals surface area contributed by atoms with Gasteiger partial charge in [-0.15, -0.1) is 0 Å². The number of hydrogen-bond donors (Lipinski definition) is 2. The highest BCUT2D eigenvalue weighted by molar-refractivity contribution is 5.99. The Morgan fingerprint density at radius 2 is 2.04 bits per heavy atom. The Labute approximate surface area is 135 Å². The average Bonchev–Trinajstić information content (AvgIpc) is 3.17. The molecule has 1 aromatic heterocycles. The number of urea groups is 1. The van der Waals surface area contributed by atoms with Crippen molar-refractivity contribution < 1.29 is 9.53 Å². The number of aryl methyl sites for hydroxylation is 1. The molecule has 6 nitrogen and oxygen atoms in total. The molecule has 0 atom stereocenters. The van der Waals surface area contributed by atoms with Gasteiger partial charge in [-0.1, -0.05) is 18.9 Å². The molecular weight excluding hydrogens is 292 g/mol. The van der Waals surface area contributed by atoms with E-state index in [0.29, 0.717) is 17.5 Å². The summed E-state index contributed by atoms with van der Waals surface area (Å²) in [4.78, 5) is 12.3. The highest BCUT2D eigenvalue weighted by Crippen LogP contribution is 2.31. The fraction of sp³-hybridized carbons (Fsp3) is 0.412. The highest BCUT2D eigenvalue weighted by atomic mass is 16.5. The number of nitrogens with zero attached hydrogens (tertiary/aromatic N) is 2. The molecule has 1 saturated carbocycles. The van der Waals surface area contributed by atoms with Crippen LogP contribution in [-0.4, -0.2) is 22.9 Å². The lowest BCUT2D eigenvalue weighted by atomic mass is 10.2. The number of carbonyl (C=O) groups excluding carboxylic acids is 1. The Hall–Kier alpha value is -2.50. The molecule has 0 radical (unpaired) electrons. The molecule has 3 rings (SSSR count). The van der Waals surface area contributed by atoms with Crippen LogP contribution in [0.25, 0.3) is 0 Å². The van der Waals surface area contributed by atoms with Gasteiger partial charge in [-0.25, -0.2) is 9.48 Å². The second kappa shape index (κ2) is 6.73. The van der Waals surface area contributed by atoms with Gasteiger partial charge in [-0.2, -0.15) is 5.10 Å². The third-order valence-corrected chi connectivity index (χ3v) is 4.10. The maximum absolute atomic E-state index is 12.3. The van der Waals surface area contributed by atoms with Gasteiger partial charge in [0, 0.05) is 17.8 Å². The Kier molecular flexibility index (Phi) is 4.50. The van der Waals surface area contributed by atoms with E-state index < -0.39 is 0 Å². The van der Waals surface area contributed by atoms with Crippen molar-refractivity contribution in [2.24, 2.45) is 0 Å². The van der Waals surface area contributed by atoms with Gasteiger partial charge in [0.25, 0.3) is 0 Å². The van der Waals surface area contributed by atoms with Crippen molar-refractivity contribution in [2.45, 2.75) is 38.6 Å². The Morgan fingerprint density at radius 3 is 2.78 bits per heavy atom. The van der Waals surface area contributed by atoms with Crippen LogP contribution in [0, 0.1) is 6.92 Å². The third-order valence-electron chi connectivity index (χ3n) is 4.10. The maximum Gasteiger partial charge on any atom is 0.324 e. The summed E-state index contributed by atoms with van der Waals surface area (Å²) in [6, 6.07) is 9.28. The van der Waals surface area contributed by atoms with E-state index in [1.165, 1.54) is 12.8 Å². The summed E-state index contributed by atoms with van der Waals surface area (Å²) in [5.74, 6) is 1.45.